The maximum atomic E-state index is 13.2. The predicted molar refractivity (Wildman–Crippen MR) is 113 cm³/mol. The van der Waals surface area contributed by atoms with Gasteiger partial charge in [-0.25, -0.2) is 13.2 Å². The van der Waals surface area contributed by atoms with E-state index < -0.39 is 16.0 Å². The Kier molecular flexibility index (Phi) is 4.78. The normalized spacial score (nSPS) is 14.8. The molecule has 0 N–H and O–H groups in total. The second-order valence-electron chi connectivity index (χ2n) is 7.24. The summed E-state index contributed by atoms with van der Waals surface area (Å²) in [7, 11) is -3.73. The largest absolute Gasteiger partial charge is 0.454 e. The summed E-state index contributed by atoms with van der Waals surface area (Å²) < 4.78 is 43.8. The first kappa shape index (κ1) is 19.4. The average molecular weight is 437 g/mol. The van der Waals surface area contributed by atoms with Crippen molar-refractivity contribution in [2.45, 2.75) is 17.7 Å². The Labute approximate surface area is 179 Å². The molecule has 158 valence electrons. The number of carbonyl (C=O) groups is 1. The van der Waals surface area contributed by atoms with Crippen molar-refractivity contribution >= 4 is 21.7 Å². The summed E-state index contributed by atoms with van der Waals surface area (Å²) in [6, 6.07) is 18.1. The smallest absolute Gasteiger partial charge is 0.343 e. The number of esters is 1. The van der Waals surface area contributed by atoms with Crippen LogP contribution in [-0.2, 0) is 16.4 Å². The third kappa shape index (κ3) is 3.59. The second kappa shape index (κ2) is 7.63. The molecule has 0 unspecified atom stereocenters. The third-order valence-corrected chi connectivity index (χ3v) is 7.13. The lowest BCUT2D eigenvalue weighted by Gasteiger charge is -2.30. The van der Waals surface area contributed by atoms with Crippen LogP contribution in [0.15, 0.2) is 71.6 Å². The number of nitrogens with zero attached hydrogens (tertiary/aromatic N) is 1. The first-order valence-electron chi connectivity index (χ1n) is 9.85. The van der Waals surface area contributed by atoms with Crippen LogP contribution in [0.2, 0.25) is 0 Å². The summed E-state index contributed by atoms with van der Waals surface area (Å²) in [6.45, 7) is 0.553. The van der Waals surface area contributed by atoms with Crippen molar-refractivity contribution < 1.29 is 27.4 Å². The number of sulfonamides is 1. The fraction of sp³-hybridized carbons (Fsp3) is 0.174. The van der Waals surface area contributed by atoms with Gasteiger partial charge in [0.05, 0.1) is 16.1 Å². The molecule has 0 aliphatic carbocycles. The van der Waals surface area contributed by atoms with Crippen molar-refractivity contribution in [2.75, 3.05) is 17.6 Å². The summed E-state index contributed by atoms with van der Waals surface area (Å²) in [5.74, 6) is 0.823. The van der Waals surface area contributed by atoms with Crippen LogP contribution in [-0.4, -0.2) is 27.7 Å². The summed E-state index contributed by atoms with van der Waals surface area (Å²) in [5.41, 5.74) is 1.97. The Bertz CT molecular complexity index is 1250. The molecular weight excluding hydrogens is 418 g/mol. The molecule has 0 radical (unpaired) electrons. The molecule has 0 saturated carbocycles. The second-order valence-corrected chi connectivity index (χ2v) is 9.10. The zero-order valence-electron chi connectivity index (χ0n) is 16.5. The van der Waals surface area contributed by atoms with Crippen LogP contribution in [0.5, 0.6) is 17.2 Å². The number of fused-ring (bicyclic) bond motifs is 2. The summed E-state index contributed by atoms with van der Waals surface area (Å²) in [5, 5.41) is 0. The van der Waals surface area contributed by atoms with Crippen molar-refractivity contribution in [3.8, 4) is 17.2 Å². The van der Waals surface area contributed by atoms with E-state index in [0.29, 0.717) is 29.5 Å². The fourth-order valence-corrected chi connectivity index (χ4v) is 5.29. The molecule has 3 aromatic carbocycles. The van der Waals surface area contributed by atoms with Crippen molar-refractivity contribution in [1.82, 2.24) is 0 Å². The highest BCUT2D eigenvalue weighted by Crippen LogP contribution is 2.35. The molecule has 2 aliphatic rings. The van der Waals surface area contributed by atoms with Gasteiger partial charge in [-0.2, -0.15) is 0 Å². The molecule has 0 fully saturated rings. The lowest BCUT2D eigenvalue weighted by molar-refractivity contribution is 0.0734. The molecular formula is C23H19NO6S. The molecule has 5 rings (SSSR count). The highest BCUT2D eigenvalue weighted by atomic mass is 32.2. The van der Waals surface area contributed by atoms with Gasteiger partial charge in [0.2, 0.25) is 6.79 Å². The number of hydrogen-bond acceptors (Lipinski definition) is 6. The number of aryl methyl sites for hydroxylation is 1. The van der Waals surface area contributed by atoms with Crippen LogP contribution in [0.4, 0.5) is 5.69 Å². The Hall–Kier alpha value is -3.52. The Morgan fingerprint density at radius 3 is 2.55 bits per heavy atom. The molecule has 7 nitrogen and oxygen atoms in total. The van der Waals surface area contributed by atoms with E-state index in [4.69, 9.17) is 14.2 Å². The SMILES string of the molecule is O=C(Oc1ccc2c(c1)OCO2)c1ccc(S(=O)(=O)N2CCCc3ccccc32)cc1. The maximum Gasteiger partial charge on any atom is 0.343 e. The van der Waals surface area contributed by atoms with Crippen LogP contribution < -0.4 is 18.5 Å². The lowest BCUT2D eigenvalue weighted by atomic mass is 10.0. The van der Waals surface area contributed by atoms with Crippen molar-refractivity contribution in [3.05, 3.63) is 77.9 Å². The monoisotopic (exact) mass is 437 g/mol. The number of carbonyl (C=O) groups excluding carboxylic acids is 1. The number of hydrogen-bond donors (Lipinski definition) is 0. The van der Waals surface area contributed by atoms with E-state index in [1.54, 1.807) is 18.2 Å². The average Bonchev–Trinajstić information content (AvgIpc) is 3.26. The number of ether oxygens (including phenoxy) is 3. The Balaban J connectivity index is 1.36. The number of para-hydroxylation sites is 1. The van der Waals surface area contributed by atoms with Gasteiger partial charge in [-0.15, -0.1) is 0 Å². The topological polar surface area (TPSA) is 82.1 Å². The minimum atomic E-state index is -3.73. The van der Waals surface area contributed by atoms with Crippen LogP contribution in [0, 0.1) is 0 Å². The van der Waals surface area contributed by atoms with Gasteiger partial charge >= 0.3 is 5.97 Å². The molecule has 8 heteroatoms. The van der Waals surface area contributed by atoms with Crippen LogP contribution in [0.25, 0.3) is 0 Å². The summed E-state index contributed by atoms with van der Waals surface area (Å²) in [6.07, 6.45) is 1.61. The lowest BCUT2D eigenvalue weighted by Crippen LogP contribution is -2.35. The van der Waals surface area contributed by atoms with Crippen LogP contribution in [0.3, 0.4) is 0 Å². The van der Waals surface area contributed by atoms with Crippen molar-refractivity contribution in [1.29, 1.82) is 0 Å². The minimum Gasteiger partial charge on any atom is -0.454 e. The van der Waals surface area contributed by atoms with Gasteiger partial charge in [-0.1, -0.05) is 18.2 Å². The molecule has 0 spiro atoms. The van der Waals surface area contributed by atoms with Crippen molar-refractivity contribution in [3.63, 3.8) is 0 Å². The summed E-state index contributed by atoms with van der Waals surface area (Å²) >= 11 is 0. The molecule has 0 saturated heterocycles. The molecule has 0 bridgehead atoms. The minimum absolute atomic E-state index is 0.129. The molecule has 3 aromatic rings. The third-order valence-electron chi connectivity index (χ3n) is 5.30. The number of rotatable bonds is 4. The number of anilines is 1. The number of benzene rings is 3. The van der Waals surface area contributed by atoms with E-state index in [9.17, 15) is 13.2 Å². The standard InChI is InChI=1S/C23H19NO6S/c25-23(30-18-9-12-21-22(14-18)29-15-28-21)17-7-10-19(11-8-17)31(26,27)24-13-3-5-16-4-1-2-6-20(16)24/h1-2,4,6-12,14H,3,5,13,15H2. The zero-order chi connectivity index (χ0) is 21.4. The molecule has 0 aromatic heterocycles. The van der Waals surface area contributed by atoms with Crippen LogP contribution >= 0.6 is 0 Å². The molecule has 0 atom stereocenters. The molecule has 0 amide bonds. The quantitative estimate of drug-likeness (QED) is 0.456. The first-order valence-corrected chi connectivity index (χ1v) is 11.3. The highest BCUT2D eigenvalue weighted by molar-refractivity contribution is 7.92. The Morgan fingerprint density at radius 1 is 0.935 bits per heavy atom. The van der Waals surface area contributed by atoms with E-state index in [1.165, 1.54) is 28.6 Å². The molecule has 2 heterocycles. The maximum absolute atomic E-state index is 13.2. The first-order chi connectivity index (χ1) is 15.0. The van der Waals surface area contributed by atoms with Gasteiger partial charge in [0.25, 0.3) is 10.0 Å². The van der Waals surface area contributed by atoms with Gasteiger partial charge in [0.1, 0.15) is 5.75 Å². The van der Waals surface area contributed by atoms with Gasteiger partial charge in [0.15, 0.2) is 11.5 Å². The van der Waals surface area contributed by atoms with Gasteiger partial charge in [0, 0.05) is 12.6 Å². The van der Waals surface area contributed by atoms with E-state index in [0.717, 1.165) is 18.4 Å². The summed E-state index contributed by atoms with van der Waals surface area (Å²) in [4.78, 5) is 12.6. The highest BCUT2D eigenvalue weighted by Gasteiger charge is 2.29. The fourth-order valence-electron chi connectivity index (χ4n) is 3.75. The van der Waals surface area contributed by atoms with E-state index in [2.05, 4.69) is 0 Å². The van der Waals surface area contributed by atoms with E-state index in [-0.39, 0.29) is 17.3 Å². The van der Waals surface area contributed by atoms with Crippen LogP contribution in [0.1, 0.15) is 22.3 Å². The zero-order valence-corrected chi connectivity index (χ0v) is 17.3. The molecule has 2 aliphatic heterocycles. The van der Waals surface area contributed by atoms with Gasteiger partial charge < -0.3 is 14.2 Å². The van der Waals surface area contributed by atoms with Gasteiger partial charge in [-0.3, -0.25) is 4.31 Å². The Morgan fingerprint density at radius 2 is 1.71 bits per heavy atom. The van der Waals surface area contributed by atoms with Gasteiger partial charge in [-0.05, 0) is 60.9 Å². The van der Waals surface area contributed by atoms with E-state index in [1.807, 2.05) is 24.3 Å². The van der Waals surface area contributed by atoms with Crippen molar-refractivity contribution in [2.24, 2.45) is 0 Å². The van der Waals surface area contributed by atoms with E-state index >= 15 is 0 Å². The molecule has 31 heavy (non-hydrogen) atoms. The predicted octanol–water partition coefficient (Wildman–Crippen LogP) is 3.78.